The second-order valence-electron chi connectivity index (χ2n) is 4.27. The van der Waals surface area contributed by atoms with Gasteiger partial charge in [0.1, 0.15) is 11.6 Å². The summed E-state index contributed by atoms with van der Waals surface area (Å²) in [6.45, 7) is 1.78. The lowest BCUT2D eigenvalue weighted by Crippen LogP contribution is -2.35. The Morgan fingerprint density at radius 3 is 2.88 bits per heavy atom. The molecule has 0 saturated carbocycles. The van der Waals surface area contributed by atoms with Crippen LogP contribution < -0.4 is 10.2 Å². The summed E-state index contributed by atoms with van der Waals surface area (Å²) in [7, 11) is 1.83. The summed E-state index contributed by atoms with van der Waals surface area (Å²) in [5, 5.41) is 3.35. The average Bonchev–Trinajstić information content (AvgIpc) is 2.70. The van der Waals surface area contributed by atoms with Gasteiger partial charge in [-0.3, -0.25) is 0 Å². The molecule has 1 aromatic rings. The fourth-order valence-electron chi connectivity index (χ4n) is 2.13. The zero-order valence-corrected chi connectivity index (χ0v) is 9.34. The normalized spacial score (nSPS) is 20.1. The molecule has 2 rings (SSSR count). The van der Waals surface area contributed by atoms with E-state index in [-0.39, 0.29) is 0 Å². The van der Waals surface area contributed by atoms with Gasteiger partial charge in [0.15, 0.2) is 0 Å². The highest BCUT2D eigenvalue weighted by Crippen LogP contribution is 2.20. The minimum absolute atomic E-state index is 0.412. The van der Waals surface area contributed by atoms with Crippen LogP contribution in [0.3, 0.4) is 0 Å². The first-order chi connectivity index (χ1) is 7.66. The van der Waals surface area contributed by atoms with Gasteiger partial charge in [0, 0.05) is 25.7 Å². The summed E-state index contributed by atoms with van der Waals surface area (Å²) in [5.41, 5.74) is 0.454. The molecule has 4 heteroatoms. The number of hydrogen-bond donors (Lipinski definition) is 1. The number of anilines is 1. The van der Waals surface area contributed by atoms with Crippen molar-refractivity contribution >= 4 is 5.69 Å². The molecule has 1 N–H and O–H groups in total. The molecule has 1 aliphatic heterocycles. The Hall–Kier alpha value is -1.16. The van der Waals surface area contributed by atoms with Crippen LogP contribution in [-0.4, -0.2) is 26.2 Å². The highest BCUT2D eigenvalue weighted by atomic mass is 19.1. The van der Waals surface area contributed by atoms with Crippen LogP contribution in [0.15, 0.2) is 18.2 Å². The van der Waals surface area contributed by atoms with Crippen molar-refractivity contribution in [3.63, 3.8) is 0 Å². The Morgan fingerprint density at radius 1 is 1.44 bits per heavy atom. The quantitative estimate of drug-likeness (QED) is 0.849. The van der Waals surface area contributed by atoms with E-state index in [1.807, 2.05) is 11.9 Å². The molecule has 1 aliphatic rings. The molecule has 0 bridgehead atoms. The molecule has 1 aromatic carbocycles. The molecular weight excluding hydrogens is 210 g/mol. The van der Waals surface area contributed by atoms with Gasteiger partial charge in [-0.1, -0.05) is 0 Å². The molecule has 1 fully saturated rings. The smallest absolute Gasteiger partial charge is 0.149 e. The average molecular weight is 226 g/mol. The summed E-state index contributed by atoms with van der Waals surface area (Å²) in [4.78, 5) is 1.83. The Morgan fingerprint density at radius 2 is 2.25 bits per heavy atom. The lowest BCUT2D eigenvalue weighted by molar-refractivity contribution is 0.567. The Kier molecular flexibility index (Phi) is 3.39. The summed E-state index contributed by atoms with van der Waals surface area (Å²) in [6.07, 6.45) is 2.29. The third-order valence-corrected chi connectivity index (χ3v) is 2.98. The molecule has 2 nitrogen and oxygen atoms in total. The SMILES string of the molecule is CN(CC1CCCN1)c1ccc(F)cc1F. The van der Waals surface area contributed by atoms with E-state index >= 15 is 0 Å². The van der Waals surface area contributed by atoms with E-state index in [1.165, 1.54) is 18.6 Å². The van der Waals surface area contributed by atoms with Crippen LogP contribution in [0.25, 0.3) is 0 Å². The topological polar surface area (TPSA) is 15.3 Å². The number of rotatable bonds is 3. The van der Waals surface area contributed by atoms with Crippen molar-refractivity contribution < 1.29 is 8.78 Å². The molecule has 0 spiro atoms. The lowest BCUT2D eigenvalue weighted by atomic mass is 10.2. The second-order valence-corrected chi connectivity index (χ2v) is 4.27. The van der Waals surface area contributed by atoms with Gasteiger partial charge in [0.2, 0.25) is 0 Å². The largest absolute Gasteiger partial charge is 0.371 e. The van der Waals surface area contributed by atoms with Crippen LogP contribution in [0, 0.1) is 11.6 Å². The predicted molar refractivity (Wildman–Crippen MR) is 60.7 cm³/mol. The van der Waals surface area contributed by atoms with Crippen molar-refractivity contribution in [3.8, 4) is 0 Å². The number of hydrogen-bond acceptors (Lipinski definition) is 2. The summed E-state index contributed by atoms with van der Waals surface area (Å²) < 4.78 is 26.2. The van der Waals surface area contributed by atoms with E-state index in [9.17, 15) is 8.78 Å². The van der Waals surface area contributed by atoms with Gasteiger partial charge in [0.05, 0.1) is 5.69 Å². The third kappa shape index (κ3) is 2.50. The van der Waals surface area contributed by atoms with Crippen molar-refractivity contribution in [2.24, 2.45) is 0 Å². The minimum atomic E-state index is -0.534. The van der Waals surface area contributed by atoms with Crippen LogP contribution in [0.4, 0.5) is 14.5 Å². The van der Waals surface area contributed by atoms with Crippen LogP contribution in [0.2, 0.25) is 0 Å². The number of likely N-dealkylation sites (N-methyl/N-ethyl adjacent to an activating group) is 1. The highest BCUT2D eigenvalue weighted by molar-refractivity contribution is 5.47. The van der Waals surface area contributed by atoms with Crippen LogP contribution in [0.5, 0.6) is 0 Å². The maximum Gasteiger partial charge on any atom is 0.149 e. The molecule has 0 radical (unpaired) electrons. The number of halogens is 2. The van der Waals surface area contributed by atoms with Crippen molar-refractivity contribution in [2.75, 3.05) is 25.0 Å². The fourth-order valence-corrected chi connectivity index (χ4v) is 2.13. The van der Waals surface area contributed by atoms with Gasteiger partial charge in [-0.25, -0.2) is 8.78 Å². The first kappa shape index (κ1) is 11.3. The molecule has 0 aromatic heterocycles. The molecule has 1 unspecified atom stereocenters. The second kappa shape index (κ2) is 4.78. The zero-order chi connectivity index (χ0) is 11.5. The molecule has 1 heterocycles. The predicted octanol–water partition coefficient (Wildman–Crippen LogP) is 2.15. The standard InChI is InChI=1S/C12H16F2N2/c1-16(8-10-3-2-6-15-10)12-5-4-9(13)7-11(12)14/h4-5,7,10,15H,2-3,6,8H2,1H3. The number of benzene rings is 1. The van der Waals surface area contributed by atoms with Gasteiger partial charge < -0.3 is 10.2 Å². The van der Waals surface area contributed by atoms with Gasteiger partial charge in [0.25, 0.3) is 0 Å². The number of nitrogens with zero attached hydrogens (tertiary/aromatic N) is 1. The van der Waals surface area contributed by atoms with Crippen molar-refractivity contribution in [3.05, 3.63) is 29.8 Å². The monoisotopic (exact) mass is 226 g/mol. The Labute approximate surface area is 94.3 Å². The maximum absolute atomic E-state index is 13.5. The lowest BCUT2D eigenvalue weighted by Gasteiger charge is -2.23. The fraction of sp³-hybridized carbons (Fsp3) is 0.500. The number of nitrogens with one attached hydrogen (secondary N) is 1. The summed E-state index contributed by atoms with van der Waals surface area (Å²) in [6, 6.07) is 4.11. The molecule has 0 aliphatic carbocycles. The molecular formula is C12H16F2N2. The Bertz CT molecular complexity index is 362. The van der Waals surface area contributed by atoms with E-state index in [0.29, 0.717) is 11.7 Å². The third-order valence-electron chi connectivity index (χ3n) is 2.98. The molecule has 16 heavy (non-hydrogen) atoms. The van der Waals surface area contributed by atoms with E-state index in [1.54, 1.807) is 0 Å². The molecule has 1 saturated heterocycles. The summed E-state index contributed by atoms with van der Waals surface area (Å²) >= 11 is 0. The van der Waals surface area contributed by atoms with E-state index in [0.717, 1.165) is 25.6 Å². The zero-order valence-electron chi connectivity index (χ0n) is 9.34. The highest BCUT2D eigenvalue weighted by Gasteiger charge is 2.17. The van der Waals surface area contributed by atoms with E-state index in [2.05, 4.69) is 5.32 Å². The van der Waals surface area contributed by atoms with Crippen molar-refractivity contribution in [1.29, 1.82) is 0 Å². The van der Waals surface area contributed by atoms with Crippen LogP contribution >= 0.6 is 0 Å². The van der Waals surface area contributed by atoms with Gasteiger partial charge in [-0.15, -0.1) is 0 Å². The van der Waals surface area contributed by atoms with E-state index < -0.39 is 11.6 Å². The maximum atomic E-state index is 13.5. The summed E-state index contributed by atoms with van der Waals surface area (Å²) in [5.74, 6) is -1.03. The first-order valence-electron chi connectivity index (χ1n) is 5.56. The minimum Gasteiger partial charge on any atom is -0.371 e. The van der Waals surface area contributed by atoms with Crippen LogP contribution in [0.1, 0.15) is 12.8 Å². The van der Waals surface area contributed by atoms with E-state index in [4.69, 9.17) is 0 Å². The van der Waals surface area contributed by atoms with Gasteiger partial charge >= 0.3 is 0 Å². The van der Waals surface area contributed by atoms with Gasteiger partial charge in [-0.2, -0.15) is 0 Å². The Balaban J connectivity index is 2.04. The van der Waals surface area contributed by atoms with Crippen molar-refractivity contribution in [1.82, 2.24) is 5.32 Å². The molecule has 1 atom stereocenters. The molecule has 88 valence electrons. The van der Waals surface area contributed by atoms with Crippen molar-refractivity contribution in [2.45, 2.75) is 18.9 Å². The first-order valence-corrected chi connectivity index (χ1v) is 5.56. The van der Waals surface area contributed by atoms with Crippen LogP contribution in [-0.2, 0) is 0 Å². The van der Waals surface area contributed by atoms with Gasteiger partial charge in [-0.05, 0) is 31.5 Å². The molecule has 0 amide bonds.